The van der Waals surface area contributed by atoms with Gasteiger partial charge in [0.05, 0.1) is 4.90 Å². The highest BCUT2D eigenvalue weighted by atomic mass is 79.9. The molecule has 1 aliphatic heterocycles. The van der Waals surface area contributed by atoms with Crippen LogP contribution in [0.5, 0.6) is 0 Å². The van der Waals surface area contributed by atoms with Crippen molar-refractivity contribution in [2.45, 2.75) is 4.90 Å². The molecule has 0 aliphatic carbocycles. The molecule has 1 heterocycles. The molecule has 74 valence electrons. The molecule has 5 heteroatoms. The standard InChI is InChI=1S/C9H7BrO2S2/c10-8-3-1-2-7-6(4-13)5-14(11,12)9(7)8/h1-3,5,13H,4H2. The second kappa shape index (κ2) is 3.40. The minimum atomic E-state index is -3.26. The van der Waals surface area contributed by atoms with Crippen LogP contribution in [0.2, 0.25) is 0 Å². The van der Waals surface area contributed by atoms with E-state index in [9.17, 15) is 8.42 Å². The fourth-order valence-corrected chi connectivity index (χ4v) is 4.46. The summed E-state index contributed by atoms with van der Waals surface area (Å²) in [5, 5.41) is 1.29. The second-order valence-corrected chi connectivity index (χ2v) is 5.87. The van der Waals surface area contributed by atoms with E-state index >= 15 is 0 Å². The van der Waals surface area contributed by atoms with Gasteiger partial charge in [-0.05, 0) is 33.1 Å². The van der Waals surface area contributed by atoms with Crippen LogP contribution in [0.3, 0.4) is 0 Å². The van der Waals surface area contributed by atoms with Crippen molar-refractivity contribution < 1.29 is 8.42 Å². The zero-order valence-electron chi connectivity index (χ0n) is 7.07. The number of fused-ring (bicyclic) bond motifs is 1. The molecular weight excluding hydrogens is 284 g/mol. The Balaban J connectivity index is 2.82. The molecule has 1 aromatic rings. The highest BCUT2D eigenvalue weighted by molar-refractivity contribution is 9.10. The first-order chi connectivity index (χ1) is 6.56. The van der Waals surface area contributed by atoms with Crippen molar-refractivity contribution >= 4 is 44.0 Å². The number of halogens is 1. The van der Waals surface area contributed by atoms with Crippen LogP contribution in [-0.4, -0.2) is 14.2 Å². The first-order valence-corrected chi connectivity index (χ1v) is 6.89. The van der Waals surface area contributed by atoms with Crippen molar-refractivity contribution in [2.24, 2.45) is 0 Å². The van der Waals surface area contributed by atoms with Gasteiger partial charge >= 0.3 is 0 Å². The first-order valence-electron chi connectivity index (χ1n) is 3.91. The quantitative estimate of drug-likeness (QED) is 0.807. The highest BCUT2D eigenvalue weighted by Gasteiger charge is 2.28. The van der Waals surface area contributed by atoms with Gasteiger partial charge in [0.15, 0.2) is 0 Å². The number of hydrogen-bond donors (Lipinski definition) is 1. The lowest BCUT2D eigenvalue weighted by molar-refractivity contribution is 0.605. The Morgan fingerprint density at radius 2 is 2.07 bits per heavy atom. The lowest BCUT2D eigenvalue weighted by Gasteiger charge is -2.02. The Hall–Kier alpha value is -0.260. The number of thiol groups is 1. The fourth-order valence-electron chi connectivity index (χ4n) is 1.48. The van der Waals surface area contributed by atoms with Crippen LogP contribution in [0.1, 0.15) is 5.56 Å². The van der Waals surface area contributed by atoms with Gasteiger partial charge in [-0.3, -0.25) is 0 Å². The SMILES string of the molecule is O=S1(=O)C=C(CS)c2cccc(Br)c21. The van der Waals surface area contributed by atoms with Crippen molar-refractivity contribution in [3.05, 3.63) is 33.6 Å². The number of sulfone groups is 1. The predicted molar refractivity (Wildman–Crippen MR) is 63.2 cm³/mol. The van der Waals surface area contributed by atoms with Crippen LogP contribution in [0.25, 0.3) is 5.57 Å². The summed E-state index contributed by atoms with van der Waals surface area (Å²) in [6.45, 7) is 0. The molecule has 0 saturated heterocycles. The molecule has 14 heavy (non-hydrogen) atoms. The van der Waals surface area contributed by atoms with Crippen molar-refractivity contribution in [3.63, 3.8) is 0 Å². The zero-order valence-corrected chi connectivity index (χ0v) is 10.4. The predicted octanol–water partition coefficient (Wildman–Crippen LogP) is 2.51. The van der Waals surface area contributed by atoms with Gasteiger partial charge in [-0.15, -0.1) is 0 Å². The Morgan fingerprint density at radius 3 is 2.71 bits per heavy atom. The summed E-state index contributed by atoms with van der Waals surface area (Å²) < 4.78 is 24.0. The Kier molecular flexibility index (Phi) is 2.49. The van der Waals surface area contributed by atoms with Gasteiger partial charge in [-0.25, -0.2) is 8.42 Å². The molecule has 0 radical (unpaired) electrons. The third-order valence-corrected chi connectivity index (χ3v) is 4.93. The third-order valence-electron chi connectivity index (χ3n) is 2.07. The number of hydrogen-bond acceptors (Lipinski definition) is 3. The topological polar surface area (TPSA) is 34.1 Å². The first kappa shape index (κ1) is 10.3. The monoisotopic (exact) mass is 290 g/mol. The van der Waals surface area contributed by atoms with E-state index in [1.807, 2.05) is 6.07 Å². The van der Waals surface area contributed by atoms with E-state index in [4.69, 9.17) is 0 Å². The van der Waals surface area contributed by atoms with Crippen LogP contribution in [0.15, 0.2) is 33.0 Å². The van der Waals surface area contributed by atoms with E-state index in [0.717, 1.165) is 11.1 Å². The van der Waals surface area contributed by atoms with Crippen molar-refractivity contribution in [1.29, 1.82) is 0 Å². The molecule has 0 fully saturated rings. The van der Waals surface area contributed by atoms with E-state index in [2.05, 4.69) is 28.6 Å². The maximum absolute atomic E-state index is 11.7. The molecule has 0 bridgehead atoms. The molecule has 2 rings (SSSR count). The fraction of sp³-hybridized carbons (Fsp3) is 0.111. The molecule has 0 amide bonds. The lowest BCUT2D eigenvalue weighted by Crippen LogP contribution is -1.94. The van der Waals surface area contributed by atoms with Gasteiger partial charge in [-0.2, -0.15) is 12.6 Å². The van der Waals surface area contributed by atoms with Gasteiger partial charge < -0.3 is 0 Å². The van der Waals surface area contributed by atoms with Gasteiger partial charge in [0.2, 0.25) is 9.84 Å². The average molecular weight is 291 g/mol. The molecule has 2 nitrogen and oxygen atoms in total. The maximum Gasteiger partial charge on any atom is 0.201 e. The Labute approximate surface area is 96.5 Å². The molecule has 0 aromatic heterocycles. The Bertz CT molecular complexity index is 518. The number of rotatable bonds is 1. The van der Waals surface area contributed by atoms with Crippen LogP contribution < -0.4 is 0 Å². The summed E-state index contributed by atoms with van der Waals surface area (Å²) in [6, 6.07) is 5.35. The largest absolute Gasteiger partial charge is 0.219 e. The van der Waals surface area contributed by atoms with Crippen molar-refractivity contribution in [2.75, 3.05) is 5.75 Å². The normalized spacial score (nSPS) is 17.7. The average Bonchev–Trinajstić information content (AvgIpc) is 2.39. The van der Waals surface area contributed by atoms with E-state index in [0.29, 0.717) is 15.1 Å². The minimum absolute atomic E-state index is 0.365. The summed E-state index contributed by atoms with van der Waals surface area (Å²) in [6.07, 6.45) is 0. The van der Waals surface area contributed by atoms with E-state index in [1.165, 1.54) is 5.41 Å². The second-order valence-electron chi connectivity index (χ2n) is 2.96. The summed E-state index contributed by atoms with van der Waals surface area (Å²) in [4.78, 5) is 0.365. The molecule has 0 atom stereocenters. The molecule has 0 N–H and O–H groups in total. The number of benzene rings is 1. The molecule has 0 unspecified atom stereocenters. The lowest BCUT2D eigenvalue weighted by atomic mass is 10.1. The van der Waals surface area contributed by atoms with Crippen LogP contribution in [-0.2, 0) is 9.84 Å². The summed E-state index contributed by atoms with van der Waals surface area (Å²) in [7, 11) is -3.26. The van der Waals surface area contributed by atoms with Gasteiger partial charge in [0.25, 0.3) is 0 Å². The summed E-state index contributed by atoms with van der Waals surface area (Å²) in [5.41, 5.74) is 1.51. The van der Waals surface area contributed by atoms with E-state index in [-0.39, 0.29) is 0 Å². The van der Waals surface area contributed by atoms with Crippen LogP contribution in [0, 0.1) is 0 Å². The maximum atomic E-state index is 11.7. The van der Waals surface area contributed by atoms with Gasteiger partial charge in [0, 0.05) is 15.6 Å². The van der Waals surface area contributed by atoms with Crippen molar-refractivity contribution in [1.82, 2.24) is 0 Å². The van der Waals surface area contributed by atoms with E-state index in [1.54, 1.807) is 12.1 Å². The third kappa shape index (κ3) is 1.43. The highest BCUT2D eigenvalue weighted by Crippen LogP contribution is 2.38. The molecular formula is C9H7BrO2S2. The molecule has 1 aliphatic rings. The van der Waals surface area contributed by atoms with E-state index < -0.39 is 9.84 Å². The Morgan fingerprint density at radius 1 is 1.36 bits per heavy atom. The molecule has 0 saturated carbocycles. The summed E-state index contributed by atoms with van der Waals surface area (Å²) >= 11 is 7.35. The van der Waals surface area contributed by atoms with Crippen LogP contribution in [0.4, 0.5) is 0 Å². The van der Waals surface area contributed by atoms with Crippen LogP contribution >= 0.6 is 28.6 Å². The summed E-state index contributed by atoms with van der Waals surface area (Å²) in [5.74, 6) is 0.433. The molecule has 1 aromatic carbocycles. The minimum Gasteiger partial charge on any atom is -0.219 e. The molecule has 0 spiro atoms. The zero-order chi connectivity index (χ0) is 10.3. The van der Waals surface area contributed by atoms with Gasteiger partial charge in [-0.1, -0.05) is 12.1 Å². The van der Waals surface area contributed by atoms with Crippen molar-refractivity contribution in [3.8, 4) is 0 Å². The van der Waals surface area contributed by atoms with Gasteiger partial charge in [0.1, 0.15) is 0 Å². The smallest absolute Gasteiger partial charge is 0.201 e.